The van der Waals surface area contributed by atoms with Crippen molar-refractivity contribution >= 4 is 18.5 Å². The van der Waals surface area contributed by atoms with Crippen LogP contribution in [0.4, 0.5) is 0 Å². The van der Waals surface area contributed by atoms with Gasteiger partial charge in [0.1, 0.15) is 0 Å². The molecule has 0 aliphatic rings. The summed E-state index contributed by atoms with van der Waals surface area (Å²) in [6.45, 7) is 7.16. The van der Waals surface area contributed by atoms with Gasteiger partial charge in [-0.05, 0) is 12.8 Å². The zero-order chi connectivity index (χ0) is 16.7. The van der Waals surface area contributed by atoms with Gasteiger partial charge in [0.2, 0.25) is 5.91 Å². The molecule has 3 heteroatoms. The number of nitrogens with one attached hydrogen (secondary N) is 1. The van der Waals surface area contributed by atoms with Crippen LogP contribution in [-0.4, -0.2) is 17.2 Å². The molecule has 1 N–H and O–H groups in total. The first-order valence-electron chi connectivity index (χ1n) is 9.45. The fourth-order valence-corrected chi connectivity index (χ4v) is 2.66. The van der Waals surface area contributed by atoms with Crippen LogP contribution in [-0.2, 0) is 4.79 Å². The minimum absolute atomic E-state index is 0.00379. The van der Waals surface area contributed by atoms with E-state index < -0.39 is 0 Å². The van der Waals surface area contributed by atoms with E-state index in [0.29, 0.717) is 6.42 Å². The van der Waals surface area contributed by atoms with Gasteiger partial charge in [-0.1, -0.05) is 85.0 Å². The minimum Gasteiger partial charge on any atom is -0.356 e. The Kier molecular flexibility index (Phi) is 14.3. The van der Waals surface area contributed by atoms with Gasteiger partial charge in [-0.15, -0.1) is 0 Å². The molecule has 0 unspecified atom stereocenters. The summed E-state index contributed by atoms with van der Waals surface area (Å²) >= 11 is 4.46. The number of rotatable bonds is 15. The summed E-state index contributed by atoms with van der Waals surface area (Å²) in [6, 6.07) is 0. The van der Waals surface area contributed by atoms with E-state index in [0.717, 1.165) is 19.4 Å². The van der Waals surface area contributed by atoms with Gasteiger partial charge in [0.05, 0.1) is 0 Å². The second kappa shape index (κ2) is 14.4. The Hall–Kier alpha value is -0.180. The fourth-order valence-electron chi connectivity index (χ4n) is 2.55. The van der Waals surface area contributed by atoms with E-state index in [2.05, 4.69) is 38.7 Å². The maximum Gasteiger partial charge on any atom is 0.219 e. The van der Waals surface area contributed by atoms with Crippen LogP contribution in [0.3, 0.4) is 0 Å². The Labute approximate surface area is 144 Å². The number of hydrogen-bond donors (Lipinski definition) is 2. The molecule has 1 amide bonds. The third kappa shape index (κ3) is 17.9. The average molecular weight is 330 g/mol. The molecule has 0 saturated heterocycles. The van der Waals surface area contributed by atoms with Crippen LogP contribution in [0, 0.1) is 0 Å². The van der Waals surface area contributed by atoms with Crippen molar-refractivity contribution < 1.29 is 4.79 Å². The molecule has 0 heterocycles. The lowest BCUT2D eigenvalue weighted by atomic mass is 10.1. The largest absolute Gasteiger partial charge is 0.356 e. The van der Waals surface area contributed by atoms with Gasteiger partial charge in [-0.3, -0.25) is 4.79 Å². The highest BCUT2D eigenvalue weighted by Crippen LogP contribution is 2.15. The molecular formula is C19H39NOS. The third-order valence-electron chi connectivity index (χ3n) is 4.07. The predicted molar refractivity (Wildman–Crippen MR) is 102 cm³/mol. The van der Waals surface area contributed by atoms with Gasteiger partial charge in [-0.25, -0.2) is 0 Å². The van der Waals surface area contributed by atoms with E-state index in [1.165, 1.54) is 64.2 Å². The maximum absolute atomic E-state index is 11.7. The zero-order valence-electron chi connectivity index (χ0n) is 15.3. The summed E-state index contributed by atoms with van der Waals surface area (Å²) in [4.78, 5) is 11.7. The van der Waals surface area contributed by atoms with Gasteiger partial charge in [0, 0.05) is 17.7 Å². The summed E-state index contributed by atoms with van der Waals surface area (Å²) in [6.07, 6.45) is 16.2. The lowest BCUT2D eigenvalue weighted by molar-refractivity contribution is -0.121. The molecule has 0 rings (SSSR count). The second-order valence-electron chi connectivity index (χ2n) is 7.20. The van der Waals surface area contributed by atoms with Crippen molar-refractivity contribution in [3.63, 3.8) is 0 Å². The molecule has 2 nitrogen and oxygen atoms in total. The van der Waals surface area contributed by atoms with Crippen LogP contribution in [0.1, 0.15) is 104 Å². The summed E-state index contributed by atoms with van der Waals surface area (Å²) < 4.78 is 0.00379. The molecule has 0 saturated carbocycles. The molecule has 0 aliphatic carbocycles. The predicted octanol–water partition coefficient (Wildman–Crippen LogP) is 5.90. The molecule has 0 aliphatic heterocycles. The van der Waals surface area contributed by atoms with Crippen molar-refractivity contribution in [2.24, 2.45) is 0 Å². The highest BCUT2D eigenvalue weighted by Gasteiger charge is 2.11. The Bertz CT molecular complexity index is 261. The smallest absolute Gasteiger partial charge is 0.219 e. The number of thiol groups is 1. The van der Waals surface area contributed by atoms with E-state index in [1.807, 2.05) is 0 Å². The summed E-state index contributed by atoms with van der Waals surface area (Å²) in [5.41, 5.74) is 0. The monoisotopic (exact) mass is 329 g/mol. The fraction of sp³-hybridized carbons (Fsp3) is 0.947. The van der Waals surface area contributed by atoms with Crippen molar-refractivity contribution in [3.05, 3.63) is 0 Å². The second-order valence-corrected chi connectivity index (χ2v) is 8.41. The van der Waals surface area contributed by atoms with E-state index in [4.69, 9.17) is 0 Å². The first kappa shape index (κ1) is 21.8. The van der Waals surface area contributed by atoms with Crippen molar-refractivity contribution in [2.75, 3.05) is 6.54 Å². The van der Waals surface area contributed by atoms with Gasteiger partial charge in [0.15, 0.2) is 0 Å². The van der Waals surface area contributed by atoms with Crippen LogP contribution in [0.25, 0.3) is 0 Å². The molecule has 0 fully saturated rings. The van der Waals surface area contributed by atoms with Crippen molar-refractivity contribution in [1.82, 2.24) is 5.32 Å². The third-order valence-corrected chi connectivity index (χ3v) is 4.29. The van der Waals surface area contributed by atoms with Crippen LogP contribution >= 0.6 is 12.6 Å². The summed E-state index contributed by atoms with van der Waals surface area (Å²) in [5, 5.41) is 2.99. The van der Waals surface area contributed by atoms with E-state index >= 15 is 0 Å². The number of amides is 1. The van der Waals surface area contributed by atoms with Crippen LogP contribution < -0.4 is 5.32 Å². The van der Waals surface area contributed by atoms with Crippen LogP contribution in [0.5, 0.6) is 0 Å². The molecule has 22 heavy (non-hydrogen) atoms. The van der Waals surface area contributed by atoms with Gasteiger partial charge < -0.3 is 5.32 Å². The molecule has 0 aromatic heterocycles. The molecule has 0 radical (unpaired) electrons. The normalized spacial score (nSPS) is 11.6. The summed E-state index contributed by atoms with van der Waals surface area (Å²) in [7, 11) is 0. The minimum atomic E-state index is 0.00379. The molecule has 0 atom stereocenters. The number of carbonyl (C=O) groups is 1. The Morgan fingerprint density at radius 1 is 0.864 bits per heavy atom. The Balaban J connectivity index is 3.20. The number of carbonyl (C=O) groups excluding carboxylic acids is 1. The highest BCUT2D eigenvalue weighted by atomic mass is 32.1. The standard InChI is InChI=1S/C19H39NOS/c1-4-5-6-7-8-9-10-11-12-13-14-15-18(21)20-17-16-19(2,3)22/h22H,4-17H2,1-3H3,(H,20,21). The maximum atomic E-state index is 11.7. The van der Waals surface area contributed by atoms with E-state index in [9.17, 15) is 4.79 Å². The molecule has 0 aromatic carbocycles. The van der Waals surface area contributed by atoms with Gasteiger partial charge in [0.25, 0.3) is 0 Å². The molecule has 0 bridgehead atoms. The average Bonchev–Trinajstić information content (AvgIpc) is 2.43. The lowest BCUT2D eigenvalue weighted by Gasteiger charge is -2.17. The van der Waals surface area contributed by atoms with Gasteiger partial charge in [-0.2, -0.15) is 12.6 Å². The Morgan fingerprint density at radius 3 is 1.77 bits per heavy atom. The number of hydrogen-bond acceptors (Lipinski definition) is 2. The zero-order valence-corrected chi connectivity index (χ0v) is 16.1. The van der Waals surface area contributed by atoms with Gasteiger partial charge >= 0.3 is 0 Å². The SMILES string of the molecule is CCCCCCCCCCCCCC(=O)NCCC(C)(C)S. The molecule has 0 spiro atoms. The first-order valence-corrected chi connectivity index (χ1v) is 9.89. The number of unbranched alkanes of at least 4 members (excludes halogenated alkanes) is 10. The quantitative estimate of drug-likeness (QED) is 0.284. The summed E-state index contributed by atoms with van der Waals surface area (Å²) in [5.74, 6) is 0.202. The van der Waals surface area contributed by atoms with E-state index in [-0.39, 0.29) is 10.7 Å². The highest BCUT2D eigenvalue weighted by molar-refractivity contribution is 7.81. The lowest BCUT2D eigenvalue weighted by Crippen LogP contribution is -2.28. The topological polar surface area (TPSA) is 29.1 Å². The molecule has 0 aromatic rings. The first-order chi connectivity index (χ1) is 10.5. The molecular weight excluding hydrogens is 290 g/mol. The van der Waals surface area contributed by atoms with Crippen LogP contribution in [0.15, 0.2) is 0 Å². The van der Waals surface area contributed by atoms with Crippen molar-refractivity contribution in [1.29, 1.82) is 0 Å². The van der Waals surface area contributed by atoms with E-state index in [1.54, 1.807) is 0 Å². The Morgan fingerprint density at radius 2 is 1.32 bits per heavy atom. The molecule has 132 valence electrons. The van der Waals surface area contributed by atoms with Crippen molar-refractivity contribution in [2.45, 2.75) is 109 Å². The van der Waals surface area contributed by atoms with Crippen LogP contribution in [0.2, 0.25) is 0 Å². The van der Waals surface area contributed by atoms with Crippen molar-refractivity contribution in [3.8, 4) is 0 Å².